The van der Waals surface area contributed by atoms with E-state index in [2.05, 4.69) is 24.4 Å². The molecule has 122 valence electrons. The summed E-state index contributed by atoms with van der Waals surface area (Å²) in [6.45, 7) is 6.06. The number of aryl methyl sites for hydroxylation is 2. The highest BCUT2D eigenvalue weighted by molar-refractivity contribution is 7.11. The summed E-state index contributed by atoms with van der Waals surface area (Å²) in [5.74, 6) is -0.0482. The van der Waals surface area contributed by atoms with Gasteiger partial charge in [0.15, 0.2) is 5.78 Å². The maximum atomic E-state index is 12.1. The smallest absolute Gasteiger partial charge is 0.220 e. The number of nitrogens with one attached hydrogen (secondary N) is 1. The summed E-state index contributed by atoms with van der Waals surface area (Å²) >= 11 is 1.75. The van der Waals surface area contributed by atoms with Crippen molar-refractivity contribution in [3.05, 3.63) is 57.3 Å². The predicted octanol–water partition coefficient (Wildman–Crippen LogP) is 4.08. The summed E-state index contributed by atoms with van der Waals surface area (Å²) in [5, 5.41) is 2.97. The molecule has 0 fully saturated rings. The van der Waals surface area contributed by atoms with Crippen molar-refractivity contribution in [3.63, 3.8) is 0 Å². The van der Waals surface area contributed by atoms with Crippen LogP contribution in [0.4, 0.5) is 0 Å². The van der Waals surface area contributed by atoms with E-state index in [9.17, 15) is 9.59 Å². The first-order chi connectivity index (χ1) is 10.9. The van der Waals surface area contributed by atoms with Gasteiger partial charge < -0.3 is 5.32 Å². The monoisotopic (exact) mass is 329 g/mol. The molecule has 23 heavy (non-hydrogen) atoms. The highest BCUT2D eigenvalue weighted by atomic mass is 32.1. The third-order valence-electron chi connectivity index (χ3n) is 3.66. The number of carbonyl (C=O) groups excluding carboxylic acids is 2. The van der Waals surface area contributed by atoms with Crippen LogP contribution in [0.25, 0.3) is 0 Å². The van der Waals surface area contributed by atoms with Gasteiger partial charge in [-0.1, -0.05) is 29.8 Å². The van der Waals surface area contributed by atoms with Crippen LogP contribution < -0.4 is 5.32 Å². The molecule has 1 N–H and O–H groups in total. The largest absolute Gasteiger partial charge is 0.353 e. The van der Waals surface area contributed by atoms with Crippen molar-refractivity contribution in [2.45, 2.75) is 46.1 Å². The van der Waals surface area contributed by atoms with E-state index in [1.165, 1.54) is 9.75 Å². The van der Waals surface area contributed by atoms with Crippen LogP contribution in [0.1, 0.15) is 45.4 Å². The SMILES string of the molecule is Cc1ccc(C(=O)CCC(=O)NC(C)Cc2ccc(C)s2)cc1. The predicted molar refractivity (Wildman–Crippen MR) is 95.1 cm³/mol. The zero-order valence-electron chi connectivity index (χ0n) is 13.9. The number of ketones is 1. The second-order valence-corrected chi connectivity index (χ2v) is 7.35. The molecular formula is C19H23NO2S. The van der Waals surface area contributed by atoms with E-state index in [-0.39, 0.29) is 30.6 Å². The van der Waals surface area contributed by atoms with Gasteiger partial charge in [0, 0.05) is 40.6 Å². The molecular weight excluding hydrogens is 306 g/mol. The van der Waals surface area contributed by atoms with E-state index < -0.39 is 0 Å². The number of hydrogen-bond donors (Lipinski definition) is 1. The standard InChI is InChI=1S/C19H23NO2S/c1-13-4-7-16(8-5-13)18(21)10-11-19(22)20-14(2)12-17-9-6-15(3)23-17/h4-9,14H,10-12H2,1-3H3,(H,20,22). The fourth-order valence-electron chi connectivity index (χ4n) is 2.41. The van der Waals surface area contributed by atoms with Gasteiger partial charge in [-0.3, -0.25) is 9.59 Å². The van der Waals surface area contributed by atoms with Gasteiger partial charge >= 0.3 is 0 Å². The van der Waals surface area contributed by atoms with Crippen LogP contribution in [0.5, 0.6) is 0 Å². The number of hydrogen-bond acceptors (Lipinski definition) is 3. The molecule has 2 aromatic rings. The molecule has 1 amide bonds. The third kappa shape index (κ3) is 5.64. The van der Waals surface area contributed by atoms with Crippen LogP contribution in [0.15, 0.2) is 36.4 Å². The van der Waals surface area contributed by atoms with Crippen molar-refractivity contribution in [1.29, 1.82) is 0 Å². The van der Waals surface area contributed by atoms with Crippen LogP contribution in [-0.4, -0.2) is 17.7 Å². The number of benzene rings is 1. The van der Waals surface area contributed by atoms with Crippen molar-refractivity contribution in [1.82, 2.24) is 5.32 Å². The zero-order chi connectivity index (χ0) is 16.8. The summed E-state index contributed by atoms with van der Waals surface area (Å²) in [6, 6.07) is 11.7. The molecule has 4 heteroatoms. The molecule has 0 aliphatic rings. The molecule has 0 spiro atoms. The van der Waals surface area contributed by atoms with Crippen LogP contribution in [-0.2, 0) is 11.2 Å². The van der Waals surface area contributed by atoms with Crippen LogP contribution in [0.2, 0.25) is 0 Å². The minimum atomic E-state index is -0.0637. The minimum absolute atomic E-state index is 0.0154. The molecule has 0 saturated carbocycles. The molecule has 0 aliphatic carbocycles. The van der Waals surface area contributed by atoms with Crippen molar-refractivity contribution < 1.29 is 9.59 Å². The summed E-state index contributed by atoms with van der Waals surface area (Å²) in [6.07, 6.45) is 1.32. The molecule has 0 bridgehead atoms. The maximum absolute atomic E-state index is 12.1. The normalized spacial score (nSPS) is 12.0. The first-order valence-electron chi connectivity index (χ1n) is 7.88. The number of carbonyl (C=O) groups is 2. The third-order valence-corrected chi connectivity index (χ3v) is 4.69. The van der Waals surface area contributed by atoms with Gasteiger partial charge in [-0.05, 0) is 32.9 Å². The van der Waals surface area contributed by atoms with Crippen molar-refractivity contribution in [2.75, 3.05) is 0 Å². The molecule has 1 atom stereocenters. The van der Waals surface area contributed by atoms with Gasteiger partial charge in [-0.15, -0.1) is 11.3 Å². The molecule has 0 aliphatic heterocycles. The second kappa shape index (κ2) is 8.06. The summed E-state index contributed by atoms with van der Waals surface area (Å²) < 4.78 is 0. The van der Waals surface area contributed by atoms with Gasteiger partial charge in [0.25, 0.3) is 0 Å². The Bertz CT molecular complexity index is 673. The van der Waals surface area contributed by atoms with Crippen LogP contribution >= 0.6 is 11.3 Å². The van der Waals surface area contributed by atoms with E-state index in [0.29, 0.717) is 5.56 Å². The lowest BCUT2D eigenvalue weighted by molar-refractivity contribution is -0.121. The Kier molecular flexibility index (Phi) is 6.11. The Labute approximate surface area is 141 Å². The topological polar surface area (TPSA) is 46.2 Å². The molecule has 0 radical (unpaired) electrons. The van der Waals surface area contributed by atoms with E-state index in [0.717, 1.165) is 12.0 Å². The van der Waals surface area contributed by atoms with E-state index in [1.807, 2.05) is 38.1 Å². The Morgan fingerprint density at radius 1 is 1.04 bits per heavy atom. The molecule has 1 aromatic heterocycles. The second-order valence-electron chi connectivity index (χ2n) is 5.97. The molecule has 1 unspecified atom stereocenters. The highest BCUT2D eigenvalue weighted by Crippen LogP contribution is 2.16. The Hall–Kier alpha value is -1.94. The van der Waals surface area contributed by atoms with Gasteiger partial charge in [-0.2, -0.15) is 0 Å². The summed E-state index contributed by atoms with van der Waals surface area (Å²) in [5.41, 5.74) is 1.79. The van der Waals surface area contributed by atoms with Crippen LogP contribution in [0, 0.1) is 13.8 Å². The van der Waals surface area contributed by atoms with Gasteiger partial charge in [0.05, 0.1) is 0 Å². The van der Waals surface area contributed by atoms with E-state index >= 15 is 0 Å². The van der Waals surface area contributed by atoms with Crippen molar-refractivity contribution in [3.8, 4) is 0 Å². The first kappa shape index (κ1) is 17.4. The fraction of sp³-hybridized carbons (Fsp3) is 0.368. The summed E-state index contributed by atoms with van der Waals surface area (Å²) in [7, 11) is 0. The lowest BCUT2D eigenvalue weighted by Gasteiger charge is -2.12. The minimum Gasteiger partial charge on any atom is -0.353 e. The van der Waals surface area contributed by atoms with E-state index in [4.69, 9.17) is 0 Å². The number of thiophene rings is 1. The zero-order valence-corrected chi connectivity index (χ0v) is 14.7. The molecule has 2 rings (SSSR count). The Morgan fingerprint density at radius 3 is 2.35 bits per heavy atom. The fourth-order valence-corrected chi connectivity index (χ4v) is 3.42. The van der Waals surface area contributed by atoms with Crippen LogP contribution in [0.3, 0.4) is 0 Å². The van der Waals surface area contributed by atoms with E-state index in [1.54, 1.807) is 11.3 Å². The van der Waals surface area contributed by atoms with Gasteiger partial charge in [0.2, 0.25) is 5.91 Å². The number of amides is 1. The Morgan fingerprint density at radius 2 is 1.74 bits per heavy atom. The lowest BCUT2D eigenvalue weighted by Crippen LogP contribution is -2.34. The molecule has 1 aromatic carbocycles. The van der Waals surface area contributed by atoms with Gasteiger partial charge in [-0.25, -0.2) is 0 Å². The molecule has 0 saturated heterocycles. The quantitative estimate of drug-likeness (QED) is 0.778. The van der Waals surface area contributed by atoms with Gasteiger partial charge in [0.1, 0.15) is 0 Å². The average molecular weight is 329 g/mol. The van der Waals surface area contributed by atoms with Crippen molar-refractivity contribution >= 4 is 23.0 Å². The average Bonchev–Trinajstić information content (AvgIpc) is 2.90. The highest BCUT2D eigenvalue weighted by Gasteiger charge is 2.12. The lowest BCUT2D eigenvalue weighted by atomic mass is 10.0. The summed E-state index contributed by atoms with van der Waals surface area (Å²) in [4.78, 5) is 26.6. The molecule has 3 nitrogen and oxygen atoms in total. The maximum Gasteiger partial charge on any atom is 0.220 e. The molecule has 1 heterocycles. The van der Waals surface area contributed by atoms with Crippen molar-refractivity contribution in [2.24, 2.45) is 0 Å². The first-order valence-corrected chi connectivity index (χ1v) is 8.70. The number of Topliss-reactive ketones (excluding diaryl/α,β-unsaturated/α-hetero) is 1. The number of rotatable bonds is 7. The Balaban J connectivity index is 1.76.